The van der Waals surface area contributed by atoms with E-state index in [1.807, 2.05) is 0 Å². The van der Waals surface area contributed by atoms with Crippen LogP contribution in [0.1, 0.15) is 18.9 Å². The molecule has 1 saturated carbocycles. The van der Waals surface area contributed by atoms with Gasteiger partial charge in [0.15, 0.2) is 0 Å². The molecule has 15 heavy (non-hydrogen) atoms. The van der Waals surface area contributed by atoms with Gasteiger partial charge in [-0.2, -0.15) is 0 Å². The second kappa shape index (κ2) is 4.11. The lowest BCUT2D eigenvalue weighted by Crippen LogP contribution is -2.26. The van der Waals surface area contributed by atoms with Gasteiger partial charge in [0, 0.05) is 11.1 Å². The normalized spacial score (nSPS) is 26.4. The first kappa shape index (κ1) is 10.9. The molecule has 1 aromatic rings. The van der Waals surface area contributed by atoms with E-state index < -0.39 is 0 Å². The minimum absolute atomic E-state index is 0.0629. The summed E-state index contributed by atoms with van der Waals surface area (Å²) in [5.74, 6) is 1.05. The molecule has 0 spiro atoms. The van der Waals surface area contributed by atoms with Gasteiger partial charge in [0.05, 0.1) is 0 Å². The van der Waals surface area contributed by atoms with E-state index >= 15 is 0 Å². The number of hydrogen-bond acceptors (Lipinski definition) is 1. The number of halogens is 2. The SMILES string of the molecule is CC1CC1C(N)Cc1cc(Cl)ccc1F. The topological polar surface area (TPSA) is 26.0 Å². The van der Waals surface area contributed by atoms with Gasteiger partial charge in [-0.1, -0.05) is 18.5 Å². The highest BCUT2D eigenvalue weighted by atomic mass is 35.5. The molecule has 3 unspecified atom stereocenters. The Labute approximate surface area is 94.4 Å². The van der Waals surface area contributed by atoms with Crippen LogP contribution in [-0.2, 0) is 6.42 Å². The maximum absolute atomic E-state index is 13.4. The second-order valence-corrected chi connectivity index (χ2v) is 4.92. The van der Waals surface area contributed by atoms with Crippen LogP contribution in [0, 0.1) is 17.7 Å². The van der Waals surface area contributed by atoms with Gasteiger partial charge in [-0.15, -0.1) is 0 Å². The van der Waals surface area contributed by atoms with Gasteiger partial charge < -0.3 is 5.73 Å². The monoisotopic (exact) mass is 227 g/mol. The quantitative estimate of drug-likeness (QED) is 0.844. The summed E-state index contributed by atoms with van der Waals surface area (Å²) in [6.07, 6.45) is 1.75. The Bertz CT molecular complexity index is 367. The largest absolute Gasteiger partial charge is 0.327 e. The molecule has 82 valence electrons. The molecular formula is C12H15ClFN. The van der Waals surface area contributed by atoms with Crippen molar-refractivity contribution in [3.63, 3.8) is 0 Å². The lowest BCUT2D eigenvalue weighted by Gasteiger charge is -2.11. The van der Waals surface area contributed by atoms with Crippen molar-refractivity contribution in [1.29, 1.82) is 0 Å². The fourth-order valence-electron chi connectivity index (χ4n) is 2.05. The second-order valence-electron chi connectivity index (χ2n) is 4.48. The average Bonchev–Trinajstić information content (AvgIpc) is 2.89. The molecule has 3 heteroatoms. The molecule has 0 radical (unpaired) electrons. The van der Waals surface area contributed by atoms with E-state index in [0.29, 0.717) is 28.8 Å². The molecular weight excluding hydrogens is 213 g/mol. The molecule has 1 aliphatic carbocycles. The Balaban J connectivity index is 2.06. The van der Waals surface area contributed by atoms with E-state index in [9.17, 15) is 4.39 Å². The van der Waals surface area contributed by atoms with Gasteiger partial charge in [-0.25, -0.2) is 4.39 Å². The molecule has 0 heterocycles. The highest BCUT2D eigenvalue weighted by Gasteiger charge is 2.37. The summed E-state index contributed by atoms with van der Waals surface area (Å²) < 4.78 is 13.4. The Morgan fingerprint density at radius 1 is 1.60 bits per heavy atom. The molecule has 1 fully saturated rings. The Hall–Kier alpha value is -0.600. The minimum Gasteiger partial charge on any atom is -0.327 e. The van der Waals surface area contributed by atoms with Crippen molar-refractivity contribution in [3.05, 3.63) is 34.6 Å². The van der Waals surface area contributed by atoms with Crippen molar-refractivity contribution in [2.24, 2.45) is 17.6 Å². The molecule has 0 aliphatic heterocycles. The van der Waals surface area contributed by atoms with Crippen molar-refractivity contribution in [2.45, 2.75) is 25.8 Å². The first-order chi connectivity index (χ1) is 7.08. The summed E-state index contributed by atoms with van der Waals surface area (Å²) in [7, 11) is 0. The fraction of sp³-hybridized carbons (Fsp3) is 0.500. The van der Waals surface area contributed by atoms with E-state index in [4.69, 9.17) is 17.3 Å². The van der Waals surface area contributed by atoms with Crippen LogP contribution in [0.4, 0.5) is 4.39 Å². The van der Waals surface area contributed by atoms with Crippen LogP contribution >= 0.6 is 11.6 Å². The molecule has 0 aromatic heterocycles. The number of hydrogen-bond donors (Lipinski definition) is 1. The van der Waals surface area contributed by atoms with Crippen LogP contribution < -0.4 is 5.73 Å². The summed E-state index contributed by atoms with van der Waals surface area (Å²) in [6.45, 7) is 2.18. The van der Waals surface area contributed by atoms with Gasteiger partial charge in [0.2, 0.25) is 0 Å². The van der Waals surface area contributed by atoms with E-state index in [1.165, 1.54) is 12.5 Å². The summed E-state index contributed by atoms with van der Waals surface area (Å²) in [5.41, 5.74) is 6.64. The van der Waals surface area contributed by atoms with E-state index in [-0.39, 0.29) is 11.9 Å². The smallest absolute Gasteiger partial charge is 0.126 e. The molecule has 1 nitrogen and oxygen atoms in total. The van der Waals surface area contributed by atoms with Gasteiger partial charge in [-0.3, -0.25) is 0 Å². The highest BCUT2D eigenvalue weighted by molar-refractivity contribution is 6.30. The van der Waals surface area contributed by atoms with Crippen LogP contribution in [0.2, 0.25) is 5.02 Å². The standard InChI is InChI=1S/C12H15ClFN/c1-7-4-10(7)12(15)6-8-5-9(13)2-3-11(8)14/h2-3,5,7,10,12H,4,6,15H2,1H3. The molecule has 0 amide bonds. The van der Waals surface area contributed by atoms with Gasteiger partial charge in [-0.05, 0) is 48.4 Å². The van der Waals surface area contributed by atoms with Crippen molar-refractivity contribution in [2.75, 3.05) is 0 Å². The zero-order valence-corrected chi connectivity index (χ0v) is 9.47. The number of benzene rings is 1. The summed E-state index contributed by atoms with van der Waals surface area (Å²) in [6, 6.07) is 4.70. The molecule has 2 N–H and O–H groups in total. The summed E-state index contributed by atoms with van der Waals surface area (Å²) >= 11 is 5.82. The molecule has 2 rings (SSSR count). The average molecular weight is 228 g/mol. The lowest BCUT2D eigenvalue weighted by atomic mass is 10.0. The molecule has 1 aliphatic rings. The number of rotatable bonds is 3. The van der Waals surface area contributed by atoms with E-state index in [0.717, 1.165) is 0 Å². The van der Waals surface area contributed by atoms with E-state index in [2.05, 4.69) is 6.92 Å². The maximum atomic E-state index is 13.4. The van der Waals surface area contributed by atoms with Crippen LogP contribution in [-0.4, -0.2) is 6.04 Å². The third-order valence-electron chi connectivity index (χ3n) is 3.19. The molecule has 3 atom stereocenters. The summed E-state index contributed by atoms with van der Waals surface area (Å²) in [5, 5.41) is 0.572. The Morgan fingerprint density at radius 3 is 2.87 bits per heavy atom. The first-order valence-corrected chi connectivity index (χ1v) is 5.65. The van der Waals surface area contributed by atoms with Crippen LogP contribution in [0.15, 0.2) is 18.2 Å². The van der Waals surface area contributed by atoms with Gasteiger partial charge >= 0.3 is 0 Å². The van der Waals surface area contributed by atoms with Gasteiger partial charge in [0.1, 0.15) is 5.82 Å². The Kier molecular flexibility index (Phi) is 2.98. The zero-order chi connectivity index (χ0) is 11.0. The molecule has 0 saturated heterocycles. The predicted octanol–water partition coefficient (Wildman–Crippen LogP) is 3.00. The van der Waals surface area contributed by atoms with Crippen LogP contribution in [0.5, 0.6) is 0 Å². The van der Waals surface area contributed by atoms with Crippen molar-refractivity contribution < 1.29 is 4.39 Å². The lowest BCUT2D eigenvalue weighted by molar-refractivity contribution is 0.536. The Morgan fingerprint density at radius 2 is 2.27 bits per heavy atom. The van der Waals surface area contributed by atoms with Crippen molar-refractivity contribution in [1.82, 2.24) is 0 Å². The molecule has 0 bridgehead atoms. The minimum atomic E-state index is -0.205. The van der Waals surface area contributed by atoms with Crippen molar-refractivity contribution >= 4 is 11.6 Å². The fourth-order valence-corrected chi connectivity index (χ4v) is 2.25. The zero-order valence-electron chi connectivity index (χ0n) is 8.71. The van der Waals surface area contributed by atoms with Crippen LogP contribution in [0.25, 0.3) is 0 Å². The van der Waals surface area contributed by atoms with Gasteiger partial charge in [0.25, 0.3) is 0 Å². The highest BCUT2D eigenvalue weighted by Crippen LogP contribution is 2.40. The van der Waals surface area contributed by atoms with Crippen LogP contribution in [0.3, 0.4) is 0 Å². The van der Waals surface area contributed by atoms with Crippen molar-refractivity contribution in [3.8, 4) is 0 Å². The third kappa shape index (κ3) is 2.50. The van der Waals surface area contributed by atoms with E-state index in [1.54, 1.807) is 12.1 Å². The third-order valence-corrected chi connectivity index (χ3v) is 3.42. The summed E-state index contributed by atoms with van der Waals surface area (Å²) in [4.78, 5) is 0. The number of nitrogens with two attached hydrogens (primary N) is 1. The first-order valence-electron chi connectivity index (χ1n) is 5.27. The predicted molar refractivity (Wildman–Crippen MR) is 60.4 cm³/mol. The maximum Gasteiger partial charge on any atom is 0.126 e. The molecule has 1 aromatic carbocycles.